The minimum absolute atomic E-state index is 0.168. The maximum absolute atomic E-state index is 12.7. The van der Waals surface area contributed by atoms with E-state index in [1.165, 1.54) is 0 Å². The highest BCUT2D eigenvalue weighted by Crippen LogP contribution is 2.30. The molecule has 0 spiro atoms. The molecule has 23 heavy (non-hydrogen) atoms. The third-order valence-corrected chi connectivity index (χ3v) is 5.12. The molecule has 0 aliphatic rings. The molecule has 0 aliphatic carbocycles. The van der Waals surface area contributed by atoms with Crippen molar-refractivity contribution in [2.45, 2.75) is 38.5 Å². The lowest BCUT2D eigenvalue weighted by molar-refractivity contribution is 0.407. The Hall–Kier alpha value is -2.01. The zero-order chi connectivity index (χ0) is 17.2. The van der Waals surface area contributed by atoms with E-state index in [-0.39, 0.29) is 10.8 Å². The van der Waals surface area contributed by atoms with E-state index in [0.29, 0.717) is 11.4 Å². The molecule has 5 heteroatoms. The molecule has 4 nitrogen and oxygen atoms in total. The van der Waals surface area contributed by atoms with Crippen LogP contribution in [0.1, 0.15) is 36.5 Å². The Kier molecular flexibility index (Phi) is 5.00. The van der Waals surface area contributed by atoms with Gasteiger partial charge in [-0.05, 0) is 55.2 Å². The number of hydrogen-bond donors (Lipinski definition) is 1. The number of ether oxygens (including phenoxy) is 1. The second kappa shape index (κ2) is 6.62. The van der Waals surface area contributed by atoms with Gasteiger partial charge in [0.25, 0.3) is 10.0 Å². The SMILES string of the molecule is COc1ccc(S(=O)(=O)Nc2ccc(C)cc2C)cc1C(C)C. The lowest BCUT2D eigenvalue weighted by Crippen LogP contribution is -2.14. The number of methoxy groups -OCH3 is 1. The predicted molar refractivity (Wildman–Crippen MR) is 93.8 cm³/mol. The van der Waals surface area contributed by atoms with Gasteiger partial charge < -0.3 is 4.74 Å². The molecule has 0 radical (unpaired) electrons. The maximum atomic E-state index is 12.7. The summed E-state index contributed by atoms with van der Waals surface area (Å²) in [5, 5.41) is 0. The third kappa shape index (κ3) is 3.85. The van der Waals surface area contributed by atoms with Crippen molar-refractivity contribution in [3.05, 3.63) is 53.1 Å². The molecule has 124 valence electrons. The van der Waals surface area contributed by atoms with Gasteiger partial charge in [0.2, 0.25) is 0 Å². The van der Waals surface area contributed by atoms with Crippen molar-refractivity contribution in [3.8, 4) is 5.75 Å². The molecule has 0 amide bonds. The molecule has 0 atom stereocenters. The van der Waals surface area contributed by atoms with Crippen molar-refractivity contribution in [2.75, 3.05) is 11.8 Å². The van der Waals surface area contributed by atoms with E-state index >= 15 is 0 Å². The first-order valence-electron chi connectivity index (χ1n) is 7.52. The van der Waals surface area contributed by atoms with Crippen LogP contribution in [0.4, 0.5) is 5.69 Å². The first kappa shape index (κ1) is 17.3. The van der Waals surface area contributed by atoms with Gasteiger partial charge >= 0.3 is 0 Å². The lowest BCUT2D eigenvalue weighted by atomic mass is 10.0. The van der Waals surface area contributed by atoms with Gasteiger partial charge in [-0.3, -0.25) is 4.72 Å². The van der Waals surface area contributed by atoms with Gasteiger partial charge in [0.05, 0.1) is 17.7 Å². The van der Waals surface area contributed by atoms with Gasteiger partial charge in [0.15, 0.2) is 0 Å². The fourth-order valence-corrected chi connectivity index (χ4v) is 3.63. The van der Waals surface area contributed by atoms with Gasteiger partial charge in [-0.15, -0.1) is 0 Å². The summed E-state index contributed by atoms with van der Waals surface area (Å²) < 4.78 is 33.3. The Morgan fingerprint density at radius 3 is 2.30 bits per heavy atom. The van der Waals surface area contributed by atoms with Crippen LogP contribution in [-0.4, -0.2) is 15.5 Å². The number of benzene rings is 2. The molecule has 0 heterocycles. The highest BCUT2D eigenvalue weighted by Gasteiger charge is 2.18. The summed E-state index contributed by atoms with van der Waals surface area (Å²) in [6.45, 7) is 7.87. The average Bonchev–Trinajstić information content (AvgIpc) is 2.49. The number of hydrogen-bond acceptors (Lipinski definition) is 3. The molecule has 0 bridgehead atoms. The van der Waals surface area contributed by atoms with Crippen LogP contribution >= 0.6 is 0 Å². The van der Waals surface area contributed by atoms with Crippen LogP contribution in [0.2, 0.25) is 0 Å². The maximum Gasteiger partial charge on any atom is 0.261 e. The van der Waals surface area contributed by atoms with Crippen LogP contribution in [0, 0.1) is 13.8 Å². The molecule has 0 fully saturated rings. The smallest absolute Gasteiger partial charge is 0.261 e. The highest BCUT2D eigenvalue weighted by atomic mass is 32.2. The Labute approximate surface area is 138 Å². The lowest BCUT2D eigenvalue weighted by Gasteiger charge is -2.15. The van der Waals surface area contributed by atoms with Gasteiger partial charge in [-0.25, -0.2) is 8.42 Å². The predicted octanol–water partition coefficient (Wildman–Crippen LogP) is 4.24. The summed E-state index contributed by atoms with van der Waals surface area (Å²) in [6.07, 6.45) is 0. The van der Waals surface area contributed by atoms with E-state index in [9.17, 15) is 8.42 Å². The molecule has 0 saturated carbocycles. The molecule has 2 aromatic carbocycles. The minimum Gasteiger partial charge on any atom is -0.496 e. The van der Waals surface area contributed by atoms with Gasteiger partial charge in [0, 0.05) is 0 Å². The molecule has 0 aliphatic heterocycles. The second-order valence-electron chi connectivity index (χ2n) is 5.98. The fourth-order valence-electron chi connectivity index (χ4n) is 2.46. The van der Waals surface area contributed by atoms with Crippen molar-refractivity contribution in [1.82, 2.24) is 0 Å². The zero-order valence-corrected chi connectivity index (χ0v) is 15.0. The van der Waals surface area contributed by atoms with E-state index in [1.807, 2.05) is 39.8 Å². The molecule has 2 rings (SSSR count). The number of nitrogens with one attached hydrogen (secondary N) is 1. The van der Waals surface area contributed by atoms with E-state index in [4.69, 9.17) is 4.74 Å². The molecule has 1 N–H and O–H groups in total. The summed E-state index contributed by atoms with van der Waals surface area (Å²) in [5.74, 6) is 0.867. The Balaban J connectivity index is 2.41. The Morgan fingerprint density at radius 1 is 1.04 bits per heavy atom. The van der Waals surface area contributed by atoms with Crippen molar-refractivity contribution < 1.29 is 13.2 Å². The van der Waals surface area contributed by atoms with E-state index in [1.54, 1.807) is 31.4 Å². The minimum atomic E-state index is -3.64. The summed E-state index contributed by atoms with van der Waals surface area (Å²) in [7, 11) is -2.05. The standard InChI is InChI=1S/C18H23NO3S/c1-12(2)16-11-15(7-9-18(16)22-5)23(20,21)19-17-8-6-13(3)10-14(17)4/h6-12,19H,1-5H3. The quantitative estimate of drug-likeness (QED) is 0.890. The third-order valence-electron chi connectivity index (χ3n) is 3.76. The number of anilines is 1. The number of rotatable bonds is 5. The topological polar surface area (TPSA) is 55.4 Å². The number of sulfonamides is 1. The van der Waals surface area contributed by atoms with Crippen LogP contribution in [-0.2, 0) is 10.0 Å². The van der Waals surface area contributed by atoms with Crippen LogP contribution in [0.5, 0.6) is 5.75 Å². The summed E-state index contributed by atoms with van der Waals surface area (Å²) in [4.78, 5) is 0.238. The van der Waals surface area contributed by atoms with Gasteiger partial charge in [-0.2, -0.15) is 0 Å². The van der Waals surface area contributed by atoms with Crippen molar-refractivity contribution in [2.24, 2.45) is 0 Å². The monoisotopic (exact) mass is 333 g/mol. The Bertz CT molecular complexity index is 811. The summed E-state index contributed by atoms with van der Waals surface area (Å²) in [6, 6.07) is 10.6. The molecular weight excluding hydrogens is 310 g/mol. The highest BCUT2D eigenvalue weighted by molar-refractivity contribution is 7.92. The van der Waals surface area contributed by atoms with Gasteiger partial charge in [0.1, 0.15) is 5.75 Å². The molecule has 2 aromatic rings. The Morgan fingerprint density at radius 2 is 1.74 bits per heavy atom. The fraction of sp³-hybridized carbons (Fsp3) is 0.333. The van der Waals surface area contributed by atoms with Crippen molar-refractivity contribution in [3.63, 3.8) is 0 Å². The van der Waals surface area contributed by atoms with E-state index in [0.717, 1.165) is 16.7 Å². The molecule has 0 aromatic heterocycles. The summed E-state index contributed by atoms with van der Waals surface area (Å²) >= 11 is 0. The van der Waals surface area contributed by atoms with E-state index in [2.05, 4.69) is 4.72 Å². The van der Waals surface area contributed by atoms with Crippen LogP contribution in [0.3, 0.4) is 0 Å². The summed E-state index contributed by atoms with van der Waals surface area (Å²) in [5.41, 5.74) is 3.46. The molecule has 0 saturated heterocycles. The van der Waals surface area contributed by atoms with Crippen LogP contribution in [0.25, 0.3) is 0 Å². The van der Waals surface area contributed by atoms with Crippen molar-refractivity contribution >= 4 is 15.7 Å². The first-order valence-corrected chi connectivity index (χ1v) is 9.01. The molecular formula is C18H23NO3S. The van der Waals surface area contributed by atoms with Crippen molar-refractivity contribution in [1.29, 1.82) is 0 Å². The largest absolute Gasteiger partial charge is 0.496 e. The average molecular weight is 333 g/mol. The van der Waals surface area contributed by atoms with Crippen LogP contribution in [0.15, 0.2) is 41.3 Å². The van der Waals surface area contributed by atoms with Crippen LogP contribution < -0.4 is 9.46 Å². The number of aryl methyl sites for hydroxylation is 2. The normalized spacial score (nSPS) is 11.6. The second-order valence-corrected chi connectivity index (χ2v) is 7.66. The zero-order valence-electron chi connectivity index (χ0n) is 14.2. The molecule has 0 unspecified atom stereocenters. The van der Waals surface area contributed by atoms with E-state index < -0.39 is 10.0 Å². The van der Waals surface area contributed by atoms with Gasteiger partial charge in [-0.1, -0.05) is 31.5 Å². The first-order chi connectivity index (χ1) is 10.7.